The van der Waals surface area contributed by atoms with E-state index in [4.69, 9.17) is 39.9 Å². The molecule has 1 heterocycles. The van der Waals surface area contributed by atoms with E-state index >= 15 is 0 Å². The third-order valence-electron chi connectivity index (χ3n) is 7.20. The lowest BCUT2D eigenvalue weighted by Gasteiger charge is -2.26. The highest BCUT2D eigenvalue weighted by Gasteiger charge is 2.14. The molecule has 13 nitrogen and oxygen atoms in total. The maximum Gasteiger partial charge on any atom is 0.164 e. The Bertz CT molecular complexity index is 1180. The summed E-state index contributed by atoms with van der Waals surface area (Å²) in [5.74, 6) is 0. The highest BCUT2D eigenvalue weighted by molar-refractivity contribution is 7.20. The summed E-state index contributed by atoms with van der Waals surface area (Å²) in [6.45, 7) is 19.6. The van der Waals surface area contributed by atoms with E-state index in [0.717, 1.165) is 22.5 Å². The van der Waals surface area contributed by atoms with Crippen LogP contribution in [0.3, 0.4) is 0 Å². The molecule has 0 amide bonds. The predicted molar refractivity (Wildman–Crippen MR) is 192 cm³/mol. The van der Waals surface area contributed by atoms with Crippen LogP contribution in [0.5, 0.6) is 0 Å². The largest absolute Gasteiger partial charge is 0.396 e. The Morgan fingerprint density at radius 3 is 1.62 bits per heavy atom. The van der Waals surface area contributed by atoms with Gasteiger partial charge in [0, 0.05) is 24.3 Å². The number of hydrogen-bond acceptors (Lipinski definition) is 14. The molecule has 1 aromatic heterocycles. The lowest BCUT2D eigenvalue weighted by atomic mass is 10.1. The summed E-state index contributed by atoms with van der Waals surface area (Å²) in [7, 11) is 0. The molecule has 274 valence electrons. The van der Waals surface area contributed by atoms with Gasteiger partial charge in [-0.2, -0.15) is 0 Å². The Morgan fingerprint density at radius 1 is 0.708 bits per heavy atom. The molecule has 0 aliphatic rings. The molecular formula is C34H59N5O8S. The number of aliphatic hydroxyl groups excluding tert-OH is 2. The van der Waals surface area contributed by atoms with Crippen molar-refractivity contribution in [1.29, 1.82) is 0 Å². The minimum Gasteiger partial charge on any atom is -0.396 e. The first-order valence-corrected chi connectivity index (χ1v) is 17.5. The normalized spacial score (nSPS) is 15.8. The molecule has 48 heavy (non-hydrogen) atoms. The highest BCUT2D eigenvalue weighted by atomic mass is 32.1. The zero-order valence-corrected chi connectivity index (χ0v) is 30.8. The van der Waals surface area contributed by atoms with E-state index in [-0.39, 0.29) is 37.6 Å². The summed E-state index contributed by atoms with van der Waals surface area (Å²) in [4.78, 5) is 2.21. The first-order chi connectivity index (χ1) is 22.8. The van der Waals surface area contributed by atoms with Crippen LogP contribution in [0.1, 0.15) is 52.7 Å². The minimum absolute atomic E-state index is 0.107. The molecule has 0 radical (unpaired) electrons. The number of rotatable bonds is 25. The SMILES string of the molecule is Cc1cc(N(CCOCC(C)OCC(C)OCC(C)O)CCOCC(C)OCC(C)OCC(C)O)ccc1N=Nc1sc(N)c(C)c1N. The number of nitrogens with two attached hydrogens (primary N) is 2. The Morgan fingerprint density at radius 2 is 1.19 bits per heavy atom. The average Bonchev–Trinajstić information content (AvgIpc) is 3.29. The zero-order valence-electron chi connectivity index (χ0n) is 30.0. The van der Waals surface area contributed by atoms with Gasteiger partial charge in [0.1, 0.15) is 0 Å². The van der Waals surface area contributed by atoms with Crippen LogP contribution in [0.2, 0.25) is 0 Å². The molecule has 0 saturated carbocycles. The van der Waals surface area contributed by atoms with Gasteiger partial charge in [-0.1, -0.05) is 11.3 Å². The van der Waals surface area contributed by atoms with Crippen LogP contribution in [-0.4, -0.2) is 113 Å². The second-order valence-electron chi connectivity index (χ2n) is 12.4. The van der Waals surface area contributed by atoms with Crippen molar-refractivity contribution in [2.24, 2.45) is 10.2 Å². The molecule has 6 N–H and O–H groups in total. The first-order valence-electron chi connectivity index (χ1n) is 16.7. The van der Waals surface area contributed by atoms with Crippen LogP contribution in [0.15, 0.2) is 28.4 Å². The van der Waals surface area contributed by atoms with Crippen molar-refractivity contribution in [2.75, 3.05) is 82.3 Å². The fourth-order valence-corrected chi connectivity index (χ4v) is 5.08. The van der Waals surface area contributed by atoms with E-state index in [0.29, 0.717) is 68.4 Å². The van der Waals surface area contributed by atoms with Gasteiger partial charge in [-0.3, -0.25) is 0 Å². The van der Waals surface area contributed by atoms with Crippen molar-refractivity contribution < 1.29 is 38.6 Å². The van der Waals surface area contributed by atoms with Gasteiger partial charge in [0.05, 0.1) is 106 Å². The van der Waals surface area contributed by atoms with Crippen molar-refractivity contribution in [3.05, 3.63) is 29.3 Å². The van der Waals surface area contributed by atoms with Crippen LogP contribution < -0.4 is 16.4 Å². The van der Waals surface area contributed by atoms with Gasteiger partial charge in [-0.15, -0.1) is 10.2 Å². The lowest BCUT2D eigenvalue weighted by molar-refractivity contribution is -0.0702. The molecule has 0 saturated heterocycles. The smallest absolute Gasteiger partial charge is 0.164 e. The number of aryl methyl sites for hydroxylation is 1. The Balaban J connectivity index is 1.95. The quantitative estimate of drug-likeness (QED) is 0.0796. The highest BCUT2D eigenvalue weighted by Crippen LogP contribution is 2.40. The molecule has 0 bridgehead atoms. The first kappa shape index (κ1) is 41.8. The van der Waals surface area contributed by atoms with Gasteiger partial charge in [0.2, 0.25) is 0 Å². The number of nitrogen functional groups attached to an aromatic ring is 2. The third kappa shape index (κ3) is 16.3. The van der Waals surface area contributed by atoms with Crippen molar-refractivity contribution in [3.8, 4) is 0 Å². The molecule has 0 spiro atoms. The topological polar surface area (TPSA) is 176 Å². The minimum atomic E-state index is -0.506. The third-order valence-corrected chi connectivity index (χ3v) is 8.22. The summed E-state index contributed by atoms with van der Waals surface area (Å²) >= 11 is 1.32. The maximum absolute atomic E-state index is 9.40. The molecule has 2 aromatic rings. The lowest BCUT2D eigenvalue weighted by Crippen LogP contribution is -2.33. The van der Waals surface area contributed by atoms with Gasteiger partial charge >= 0.3 is 0 Å². The zero-order chi connectivity index (χ0) is 35.6. The Hall–Kier alpha value is -2.40. The summed E-state index contributed by atoms with van der Waals surface area (Å²) in [5.41, 5.74) is 16.2. The predicted octanol–water partition coefficient (Wildman–Crippen LogP) is 5.17. The van der Waals surface area contributed by atoms with Crippen molar-refractivity contribution in [3.63, 3.8) is 0 Å². The fourth-order valence-electron chi connectivity index (χ4n) is 4.27. The molecule has 0 aliphatic heterocycles. The van der Waals surface area contributed by atoms with E-state index in [1.807, 2.05) is 53.7 Å². The van der Waals surface area contributed by atoms with Crippen LogP contribution >= 0.6 is 11.3 Å². The number of ether oxygens (including phenoxy) is 6. The Kier molecular flexibility index (Phi) is 19.4. The van der Waals surface area contributed by atoms with Crippen molar-refractivity contribution in [2.45, 2.75) is 92.0 Å². The number of nitrogens with zero attached hydrogens (tertiary/aromatic N) is 3. The molecule has 0 fully saturated rings. The molecule has 6 unspecified atom stereocenters. The number of thiophene rings is 1. The van der Waals surface area contributed by atoms with E-state index in [1.165, 1.54) is 11.3 Å². The second kappa shape index (κ2) is 22.3. The van der Waals surface area contributed by atoms with E-state index in [2.05, 4.69) is 21.2 Å². The number of anilines is 3. The van der Waals surface area contributed by atoms with Crippen LogP contribution in [0.25, 0.3) is 0 Å². The van der Waals surface area contributed by atoms with Gasteiger partial charge in [-0.25, -0.2) is 0 Å². The summed E-state index contributed by atoms with van der Waals surface area (Å²) in [6, 6.07) is 6.03. The second-order valence-corrected chi connectivity index (χ2v) is 13.4. The molecule has 6 atom stereocenters. The van der Waals surface area contributed by atoms with E-state index in [1.54, 1.807) is 13.8 Å². The van der Waals surface area contributed by atoms with Gasteiger partial charge in [0.15, 0.2) is 5.00 Å². The number of hydrogen-bond donors (Lipinski definition) is 4. The molecule has 0 aliphatic carbocycles. The monoisotopic (exact) mass is 697 g/mol. The summed E-state index contributed by atoms with van der Waals surface area (Å²) in [5, 5.41) is 28.8. The van der Waals surface area contributed by atoms with E-state index in [9.17, 15) is 10.2 Å². The fraction of sp³-hybridized carbons (Fsp3) is 0.706. The summed E-state index contributed by atoms with van der Waals surface area (Å²) in [6.07, 6.45) is -1.46. The van der Waals surface area contributed by atoms with Crippen LogP contribution in [-0.2, 0) is 28.4 Å². The molecule has 2 rings (SSSR count). The van der Waals surface area contributed by atoms with Crippen LogP contribution in [0.4, 0.5) is 27.1 Å². The number of aliphatic hydroxyl groups is 2. The maximum atomic E-state index is 9.40. The molecule has 1 aromatic carbocycles. The van der Waals surface area contributed by atoms with Gasteiger partial charge < -0.3 is 55.0 Å². The molecule has 14 heteroatoms. The average molecular weight is 698 g/mol. The van der Waals surface area contributed by atoms with E-state index < -0.39 is 12.2 Å². The van der Waals surface area contributed by atoms with Gasteiger partial charge in [-0.05, 0) is 79.2 Å². The molecular weight excluding hydrogens is 638 g/mol. The standard InChI is InChI=1S/C34H59N5O8S/c1-22-15-30(9-10-31(22)37-38-34-32(35)29(8)33(36)48-34)39(11-13-42-18-25(4)46-20-27(6)44-16-23(2)40)12-14-43-19-26(5)47-21-28(7)45-17-24(3)41/h9-10,15,23-28,40-41H,11-14,16-21,35-36H2,1-8H3. The van der Waals surface area contributed by atoms with Crippen LogP contribution in [0, 0.1) is 13.8 Å². The van der Waals surface area contributed by atoms with Crippen molar-refractivity contribution >= 4 is 38.4 Å². The number of benzene rings is 1. The van der Waals surface area contributed by atoms with Crippen molar-refractivity contribution in [1.82, 2.24) is 0 Å². The van der Waals surface area contributed by atoms with Gasteiger partial charge in [0.25, 0.3) is 0 Å². The Labute approximate surface area is 290 Å². The summed E-state index contributed by atoms with van der Waals surface area (Å²) < 4.78 is 34.8. The number of azo groups is 1.